The summed E-state index contributed by atoms with van der Waals surface area (Å²) in [6.45, 7) is 14.5. The van der Waals surface area contributed by atoms with Crippen LogP contribution in [0.3, 0.4) is 0 Å². The van der Waals surface area contributed by atoms with Crippen LogP contribution in [-0.2, 0) is 9.22 Å². The maximum absolute atomic E-state index is 12.5. The van der Waals surface area contributed by atoms with Gasteiger partial charge in [0.25, 0.3) is 0 Å². The molecule has 2 saturated carbocycles. The molecule has 2 aliphatic carbocycles. The summed E-state index contributed by atoms with van der Waals surface area (Å²) in [7, 11) is -1.55. The molecule has 116 valence electrons. The fraction of sp³-hybridized carbons (Fsp3) is 0.941. The molecule has 0 unspecified atom stereocenters. The normalized spacial score (nSPS) is 37.6. The largest absolute Gasteiger partial charge is 0.417 e. The first-order valence-electron chi connectivity index (χ1n) is 8.23. The fourth-order valence-electron chi connectivity index (χ4n) is 4.75. The SMILES string of the molecule is CC1(C)CCC[C@]2(C)[C@@H](CO[Si](C)(C)C)C(=O)CC[C@@H]12. The smallest absolute Gasteiger partial charge is 0.183 e. The Kier molecular flexibility index (Phi) is 4.25. The van der Waals surface area contributed by atoms with Crippen LogP contribution in [0.5, 0.6) is 0 Å². The molecule has 0 saturated heterocycles. The Bertz CT molecular complexity index is 383. The van der Waals surface area contributed by atoms with E-state index in [1.54, 1.807) is 0 Å². The highest BCUT2D eigenvalue weighted by atomic mass is 28.4. The average Bonchev–Trinajstić information content (AvgIpc) is 2.24. The summed E-state index contributed by atoms with van der Waals surface area (Å²) in [5, 5.41) is 0. The molecular formula is C17H32O2Si. The third kappa shape index (κ3) is 3.04. The molecule has 2 aliphatic rings. The van der Waals surface area contributed by atoms with Gasteiger partial charge in [0.15, 0.2) is 8.32 Å². The lowest BCUT2D eigenvalue weighted by Gasteiger charge is -2.56. The molecule has 2 rings (SSSR count). The second-order valence-electron chi connectivity index (χ2n) is 8.88. The van der Waals surface area contributed by atoms with Gasteiger partial charge in [0.1, 0.15) is 5.78 Å². The standard InChI is InChI=1S/C17H32O2Si/c1-16(2)10-7-11-17(3)13(12-19-20(4,5)6)14(18)8-9-15(16)17/h13,15H,7-12H2,1-6H3/t13-,15-,17+/m0/s1. The van der Waals surface area contributed by atoms with E-state index < -0.39 is 8.32 Å². The molecule has 0 amide bonds. The van der Waals surface area contributed by atoms with Gasteiger partial charge >= 0.3 is 0 Å². The zero-order valence-corrected chi connectivity index (χ0v) is 15.2. The quantitative estimate of drug-likeness (QED) is 0.709. The van der Waals surface area contributed by atoms with Gasteiger partial charge in [-0.1, -0.05) is 27.2 Å². The minimum absolute atomic E-state index is 0.132. The molecule has 0 bridgehead atoms. The van der Waals surface area contributed by atoms with E-state index in [0.29, 0.717) is 23.7 Å². The van der Waals surface area contributed by atoms with Crippen LogP contribution < -0.4 is 0 Å². The maximum atomic E-state index is 12.5. The number of rotatable bonds is 3. The highest BCUT2D eigenvalue weighted by molar-refractivity contribution is 6.69. The summed E-state index contributed by atoms with van der Waals surface area (Å²) in [6.07, 6.45) is 5.63. The third-order valence-corrected chi connectivity index (χ3v) is 6.86. The first kappa shape index (κ1) is 16.2. The lowest BCUT2D eigenvalue weighted by molar-refractivity contribution is -0.145. The molecular weight excluding hydrogens is 264 g/mol. The highest BCUT2D eigenvalue weighted by Crippen LogP contribution is 2.59. The summed E-state index contributed by atoms with van der Waals surface area (Å²) in [4.78, 5) is 12.5. The van der Waals surface area contributed by atoms with Gasteiger partial charge in [-0.25, -0.2) is 0 Å². The van der Waals surface area contributed by atoms with Crippen molar-refractivity contribution in [1.82, 2.24) is 0 Å². The van der Waals surface area contributed by atoms with Crippen LogP contribution in [0.1, 0.15) is 52.9 Å². The number of carbonyl (C=O) groups is 1. The van der Waals surface area contributed by atoms with Crippen molar-refractivity contribution in [3.8, 4) is 0 Å². The van der Waals surface area contributed by atoms with E-state index in [9.17, 15) is 4.79 Å². The summed E-state index contributed by atoms with van der Waals surface area (Å²) in [5.41, 5.74) is 0.543. The highest BCUT2D eigenvalue weighted by Gasteiger charge is 2.54. The number of hydrogen-bond donors (Lipinski definition) is 0. The van der Waals surface area contributed by atoms with Crippen LogP contribution in [0.25, 0.3) is 0 Å². The molecule has 3 atom stereocenters. The second kappa shape index (κ2) is 5.24. The van der Waals surface area contributed by atoms with Crippen molar-refractivity contribution in [2.24, 2.45) is 22.7 Å². The third-order valence-electron chi connectivity index (χ3n) is 5.82. The zero-order chi connectivity index (χ0) is 15.2. The Hall–Kier alpha value is -0.153. The Morgan fingerprint density at radius 3 is 2.45 bits per heavy atom. The molecule has 0 aromatic rings. The number of ketones is 1. The first-order valence-corrected chi connectivity index (χ1v) is 11.6. The molecule has 2 fully saturated rings. The van der Waals surface area contributed by atoms with E-state index in [4.69, 9.17) is 4.43 Å². The topological polar surface area (TPSA) is 26.3 Å². The van der Waals surface area contributed by atoms with Crippen molar-refractivity contribution < 1.29 is 9.22 Å². The molecule has 0 spiro atoms. The molecule has 0 heterocycles. The van der Waals surface area contributed by atoms with Gasteiger partial charge < -0.3 is 4.43 Å². The van der Waals surface area contributed by atoms with Gasteiger partial charge in [0.2, 0.25) is 0 Å². The molecule has 0 aliphatic heterocycles. The van der Waals surface area contributed by atoms with Gasteiger partial charge in [-0.15, -0.1) is 0 Å². The van der Waals surface area contributed by atoms with Crippen LogP contribution in [0.2, 0.25) is 19.6 Å². The Morgan fingerprint density at radius 1 is 1.20 bits per heavy atom. The second-order valence-corrected chi connectivity index (χ2v) is 13.4. The van der Waals surface area contributed by atoms with E-state index in [0.717, 1.165) is 12.8 Å². The van der Waals surface area contributed by atoms with Gasteiger partial charge in [-0.2, -0.15) is 0 Å². The van der Waals surface area contributed by atoms with Gasteiger partial charge in [0.05, 0.1) is 0 Å². The van der Waals surface area contributed by atoms with Crippen LogP contribution in [0.4, 0.5) is 0 Å². The van der Waals surface area contributed by atoms with Crippen LogP contribution in [-0.4, -0.2) is 20.7 Å². The zero-order valence-electron chi connectivity index (χ0n) is 14.2. The van der Waals surface area contributed by atoms with Crippen LogP contribution in [0.15, 0.2) is 0 Å². The van der Waals surface area contributed by atoms with E-state index in [2.05, 4.69) is 40.4 Å². The molecule has 0 aromatic heterocycles. The minimum atomic E-state index is -1.55. The number of carbonyl (C=O) groups excluding carboxylic acids is 1. The van der Waals surface area contributed by atoms with E-state index >= 15 is 0 Å². The summed E-state index contributed by atoms with van der Waals surface area (Å²) < 4.78 is 6.14. The number of Topliss-reactive ketones (excluding diaryl/α,β-unsaturated/α-hetero) is 1. The van der Waals surface area contributed by atoms with Crippen molar-refractivity contribution in [3.63, 3.8) is 0 Å². The van der Waals surface area contributed by atoms with Crippen LogP contribution in [0, 0.1) is 22.7 Å². The number of fused-ring (bicyclic) bond motifs is 1. The number of hydrogen-bond acceptors (Lipinski definition) is 2. The van der Waals surface area contributed by atoms with E-state index in [1.807, 2.05) is 0 Å². The molecule has 0 aromatic carbocycles. The van der Waals surface area contributed by atoms with Crippen molar-refractivity contribution in [2.45, 2.75) is 72.5 Å². The molecule has 3 heteroatoms. The molecule has 20 heavy (non-hydrogen) atoms. The van der Waals surface area contributed by atoms with Crippen molar-refractivity contribution in [2.75, 3.05) is 6.61 Å². The molecule has 2 nitrogen and oxygen atoms in total. The summed E-state index contributed by atoms with van der Waals surface area (Å²) >= 11 is 0. The predicted molar refractivity (Wildman–Crippen MR) is 86.3 cm³/mol. The first-order chi connectivity index (χ1) is 9.06. The summed E-state index contributed by atoms with van der Waals surface area (Å²) in [6, 6.07) is 0. The van der Waals surface area contributed by atoms with Crippen molar-refractivity contribution >= 4 is 14.1 Å². The van der Waals surface area contributed by atoms with Crippen LogP contribution >= 0.6 is 0 Å². The lowest BCUT2D eigenvalue weighted by atomic mass is 9.48. The van der Waals surface area contributed by atoms with Crippen molar-refractivity contribution in [1.29, 1.82) is 0 Å². The molecule has 0 N–H and O–H groups in total. The monoisotopic (exact) mass is 296 g/mol. The van der Waals surface area contributed by atoms with Crippen molar-refractivity contribution in [3.05, 3.63) is 0 Å². The van der Waals surface area contributed by atoms with Gasteiger partial charge in [-0.05, 0) is 55.7 Å². The predicted octanol–water partition coefficient (Wildman–Crippen LogP) is 4.65. The fourth-order valence-corrected chi connectivity index (χ4v) is 5.42. The Labute approximate surface area is 125 Å². The van der Waals surface area contributed by atoms with E-state index in [1.165, 1.54) is 19.3 Å². The average molecular weight is 297 g/mol. The Morgan fingerprint density at radius 2 is 1.85 bits per heavy atom. The lowest BCUT2D eigenvalue weighted by Crippen LogP contribution is -2.53. The van der Waals surface area contributed by atoms with Gasteiger partial charge in [-0.3, -0.25) is 4.79 Å². The van der Waals surface area contributed by atoms with Gasteiger partial charge in [0, 0.05) is 18.9 Å². The maximum Gasteiger partial charge on any atom is 0.183 e. The van der Waals surface area contributed by atoms with E-state index in [-0.39, 0.29) is 11.3 Å². The summed E-state index contributed by atoms with van der Waals surface area (Å²) in [5.74, 6) is 1.27. The molecule has 0 radical (unpaired) electrons. The Balaban J connectivity index is 2.22. The minimum Gasteiger partial charge on any atom is -0.417 e.